The molecule has 3 aliphatic rings. The third kappa shape index (κ3) is 15.7. The molecule has 81 heavy (non-hydrogen) atoms. The number of nitrogens with zero attached hydrogens (tertiary/aromatic N) is 8. The molecule has 0 radical (unpaired) electrons. The van der Waals surface area contributed by atoms with Crippen LogP contribution in [0.25, 0.3) is 5.00 Å². The second-order valence-electron chi connectivity index (χ2n) is 21.3. The SMILES string of the molecule is Cc1sc2c(c1C)C(c1ccc(Cl)cc1)=N[C@H](CC(=O)NCCOCCOCCOCCOCCOCCOCCOC1CCN(c3ncc(C(=O)NC4C(C)(C)C(Oc5ccc(C#N)c(Cl)c5)C4(C)C)cn3)CC1)c1nnc(C)n1-2. The molecule has 5 aromatic rings. The molecule has 8 rings (SSSR count). The summed E-state index contributed by atoms with van der Waals surface area (Å²) >= 11 is 14.2. The zero-order valence-corrected chi connectivity index (χ0v) is 49.6. The molecule has 1 saturated heterocycles. The normalized spacial score (nSPS) is 18.2. The summed E-state index contributed by atoms with van der Waals surface area (Å²) < 4.78 is 48.3. The number of piperidine rings is 1. The Morgan fingerprint density at radius 1 is 0.778 bits per heavy atom. The van der Waals surface area contributed by atoms with Gasteiger partial charge in [0, 0.05) is 76.0 Å². The number of fused-ring (bicyclic) bond motifs is 3. The molecule has 1 atom stereocenters. The molecular weight excluding hydrogens is 1100 g/mol. The number of benzene rings is 2. The van der Waals surface area contributed by atoms with Gasteiger partial charge >= 0.3 is 0 Å². The van der Waals surface area contributed by atoms with Gasteiger partial charge in [-0.2, -0.15) is 5.26 Å². The first-order valence-electron chi connectivity index (χ1n) is 27.5. The van der Waals surface area contributed by atoms with E-state index in [1.165, 1.54) is 4.88 Å². The first-order valence-corrected chi connectivity index (χ1v) is 29.1. The second-order valence-corrected chi connectivity index (χ2v) is 23.3. The molecule has 2 aromatic carbocycles. The molecule has 2 amide bonds. The van der Waals surface area contributed by atoms with Crippen molar-refractivity contribution >= 4 is 58.0 Å². The molecule has 0 bridgehead atoms. The molecule has 1 aliphatic carbocycles. The molecule has 2 fully saturated rings. The largest absolute Gasteiger partial charge is 0.489 e. The molecule has 0 unspecified atom stereocenters. The zero-order chi connectivity index (χ0) is 57.5. The van der Waals surface area contributed by atoms with Gasteiger partial charge in [0.2, 0.25) is 11.9 Å². The van der Waals surface area contributed by atoms with Crippen molar-refractivity contribution in [3.63, 3.8) is 0 Å². The summed E-state index contributed by atoms with van der Waals surface area (Å²) in [5.74, 6) is 2.13. The van der Waals surface area contributed by atoms with E-state index in [1.54, 1.807) is 41.9 Å². The van der Waals surface area contributed by atoms with Gasteiger partial charge in [-0.1, -0.05) is 63.0 Å². The number of hydrogen-bond donors (Lipinski definition) is 2. The first kappa shape index (κ1) is 61.4. The summed E-state index contributed by atoms with van der Waals surface area (Å²) in [6.07, 6.45) is 4.83. The van der Waals surface area contributed by atoms with Crippen LogP contribution in [-0.4, -0.2) is 166 Å². The van der Waals surface area contributed by atoms with Crippen LogP contribution in [0, 0.1) is 42.9 Å². The highest BCUT2D eigenvalue weighted by atomic mass is 35.5. The number of amides is 2. The van der Waals surface area contributed by atoms with Crippen LogP contribution in [0.5, 0.6) is 5.75 Å². The molecular formula is C58H74Cl2N10O10S. The van der Waals surface area contributed by atoms with Crippen LogP contribution < -0.4 is 20.3 Å². The lowest BCUT2D eigenvalue weighted by Gasteiger charge is -2.63. The lowest BCUT2D eigenvalue weighted by molar-refractivity contribution is -0.164. The maximum Gasteiger partial charge on any atom is 0.254 e. The number of hydrogen-bond acceptors (Lipinski definition) is 18. The Morgan fingerprint density at radius 2 is 1.36 bits per heavy atom. The van der Waals surface area contributed by atoms with Crippen molar-refractivity contribution in [2.75, 3.05) is 110 Å². The van der Waals surface area contributed by atoms with Crippen LogP contribution in [0.1, 0.15) is 102 Å². The predicted molar refractivity (Wildman–Crippen MR) is 308 cm³/mol. The molecule has 2 N–H and O–H groups in total. The van der Waals surface area contributed by atoms with Crippen LogP contribution in [0.4, 0.5) is 5.95 Å². The maximum absolute atomic E-state index is 13.4. The van der Waals surface area contributed by atoms with E-state index < -0.39 is 16.9 Å². The van der Waals surface area contributed by atoms with Gasteiger partial charge < -0.3 is 53.4 Å². The van der Waals surface area contributed by atoms with E-state index in [-0.39, 0.29) is 36.5 Å². The number of carbonyl (C=O) groups excluding carboxylic acids is 2. The summed E-state index contributed by atoms with van der Waals surface area (Å²) in [6.45, 7) is 21.9. The van der Waals surface area contributed by atoms with Crippen LogP contribution >= 0.6 is 34.5 Å². The summed E-state index contributed by atoms with van der Waals surface area (Å²) in [4.78, 5) is 44.2. The number of nitrogens with one attached hydrogen (secondary N) is 2. The quantitative estimate of drug-likeness (QED) is 0.0415. The monoisotopic (exact) mass is 1170 g/mol. The number of nitriles is 1. The van der Waals surface area contributed by atoms with E-state index in [2.05, 4.69) is 83.3 Å². The number of rotatable bonds is 30. The van der Waals surface area contributed by atoms with Gasteiger partial charge in [-0.15, -0.1) is 21.5 Å². The van der Waals surface area contributed by atoms with Crippen molar-refractivity contribution in [3.8, 4) is 16.8 Å². The van der Waals surface area contributed by atoms with Gasteiger partial charge in [0.25, 0.3) is 5.91 Å². The average Bonchev–Trinajstić information content (AvgIpc) is 3.91. The smallest absolute Gasteiger partial charge is 0.254 e. The molecule has 0 spiro atoms. The minimum Gasteiger partial charge on any atom is -0.489 e. The number of aromatic nitrogens is 5. The Labute approximate surface area is 488 Å². The highest BCUT2D eigenvalue weighted by Gasteiger charge is 2.64. The van der Waals surface area contributed by atoms with E-state index in [1.807, 2.05) is 35.8 Å². The third-order valence-electron chi connectivity index (χ3n) is 14.8. The van der Waals surface area contributed by atoms with Crippen LogP contribution in [0.15, 0.2) is 59.9 Å². The number of aliphatic imine (C=N–C) groups is 1. The highest BCUT2D eigenvalue weighted by Crippen LogP contribution is 2.55. The number of carbonyl (C=O) groups is 2. The van der Waals surface area contributed by atoms with Gasteiger partial charge in [0.1, 0.15) is 34.8 Å². The number of ether oxygens (including phenoxy) is 8. The van der Waals surface area contributed by atoms with Crippen molar-refractivity contribution in [3.05, 3.63) is 109 Å². The molecule has 3 aromatic heterocycles. The van der Waals surface area contributed by atoms with Crippen LogP contribution in [0.2, 0.25) is 10.0 Å². The van der Waals surface area contributed by atoms with E-state index in [9.17, 15) is 14.9 Å². The fourth-order valence-electron chi connectivity index (χ4n) is 10.8. The van der Waals surface area contributed by atoms with Gasteiger partial charge in [-0.3, -0.25) is 19.1 Å². The standard InChI is InChI=1S/C58H74Cl2N10O10S/c1-37-38(2)81-53-49(37)50(40-8-11-43(59)12-9-40)65-47(51-68-67-39(3)70(51)53)33-48(71)62-16-19-73-20-21-74-22-23-75-24-25-76-26-27-77-28-29-78-30-31-79-44-14-17-69(18-15-44)56-63-35-42(36-64-56)52(72)66-54-57(4,5)55(58(54,6)7)80-45-13-10-41(34-61)46(60)32-45/h8-13,32,35-36,44,47,54-55H,14-31,33H2,1-7H3,(H,62,71)(H,66,72)/t47-,54?,55?/m1/s1. The summed E-state index contributed by atoms with van der Waals surface area (Å²) in [5, 5.41) is 26.2. The Morgan fingerprint density at radius 3 is 1.94 bits per heavy atom. The van der Waals surface area contributed by atoms with Gasteiger partial charge in [0.05, 0.1) is 120 Å². The first-order chi connectivity index (χ1) is 39.1. The molecule has 23 heteroatoms. The Bertz CT molecular complexity index is 2940. The van der Waals surface area contributed by atoms with Crippen molar-refractivity contribution < 1.29 is 47.5 Å². The Hall–Kier alpha value is -5.64. The lowest BCUT2D eigenvalue weighted by atomic mass is 9.49. The molecule has 1 saturated carbocycles. The number of halogens is 2. The van der Waals surface area contributed by atoms with Gasteiger partial charge in [-0.25, -0.2) is 9.97 Å². The topological polar surface area (TPSA) is 228 Å². The Kier molecular flexibility index (Phi) is 22.0. The van der Waals surface area contributed by atoms with Crippen molar-refractivity contribution in [1.82, 2.24) is 35.4 Å². The summed E-state index contributed by atoms with van der Waals surface area (Å²) in [7, 11) is 0. The van der Waals surface area contributed by atoms with Crippen LogP contribution in [-0.2, 0) is 38.0 Å². The van der Waals surface area contributed by atoms with E-state index in [4.69, 9.17) is 66.1 Å². The minimum atomic E-state index is -0.544. The minimum absolute atomic E-state index is 0.102. The van der Waals surface area contributed by atoms with Gasteiger partial charge in [-0.05, 0) is 63.4 Å². The van der Waals surface area contributed by atoms with E-state index in [0.717, 1.165) is 59.2 Å². The van der Waals surface area contributed by atoms with E-state index in [0.29, 0.717) is 131 Å². The second kappa shape index (κ2) is 29.1. The predicted octanol–water partition coefficient (Wildman–Crippen LogP) is 8.02. The maximum atomic E-state index is 13.4. The molecule has 2 aliphatic heterocycles. The number of aryl methyl sites for hydroxylation is 2. The molecule has 5 heterocycles. The highest BCUT2D eigenvalue weighted by molar-refractivity contribution is 7.15. The fourth-order valence-corrected chi connectivity index (χ4v) is 12.3. The number of anilines is 1. The van der Waals surface area contributed by atoms with Gasteiger partial charge in [0.15, 0.2) is 5.82 Å². The van der Waals surface area contributed by atoms with Crippen molar-refractivity contribution in [2.24, 2.45) is 15.8 Å². The van der Waals surface area contributed by atoms with E-state index >= 15 is 0 Å². The van der Waals surface area contributed by atoms with Crippen molar-refractivity contribution in [2.45, 2.75) is 92.0 Å². The lowest BCUT2D eigenvalue weighted by Crippen LogP contribution is -2.74. The average molecular weight is 1170 g/mol. The Balaban J connectivity index is 0.586. The third-order valence-corrected chi connectivity index (χ3v) is 16.6. The molecule has 436 valence electrons. The fraction of sp³-hybridized carbons (Fsp3) is 0.552. The zero-order valence-electron chi connectivity index (χ0n) is 47.3. The van der Waals surface area contributed by atoms with Crippen molar-refractivity contribution in [1.29, 1.82) is 5.26 Å². The number of thiophene rings is 1. The van der Waals surface area contributed by atoms with Crippen LogP contribution in [0.3, 0.4) is 0 Å². The summed E-state index contributed by atoms with van der Waals surface area (Å²) in [5.41, 5.74) is 3.87. The summed E-state index contributed by atoms with van der Waals surface area (Å²) in [6, 6.07) is 14.0. The molecule has 20 nitrogen and oxygen atoms in total.